The lowest BCUT2D eigenvalue weighted by Crippen LogP contribution is -1.77. The fourth-order valence-electron chi connectivity index (χ4n) is 2.37. The highest BCUT2D eigenvalue weighted by Crippen LogP contribution is 2.29. The van der Waals surface area contributed by atoms with E-state index in [4.69, 9.17) is 20.4 Å². The SMILES string of the molecule is O=Cc1ccc(-c2ccc3oc(-c4ccc(Cl)cc4)nc3c2)o1. The van der Waals surface area contributed by atoms with Gasteiger partial charge in [0.2, 0.25) is 5.89 Å². The third-order valence-electron chi connectivity index (χ3n) is 3.51. The van der Waals surface area contributed by atoms with Crippen molar-refractivity contribution in [2.75, 3.05) is 0 Å². The highest BCUT2D eigenvalue weighted by atomic mass is 35.5. The normalized spacial score (nSPS) is 11.0. The number of hydrogen-bond donors (Lipinski definition) is 0. The summed E-state index contributed by atoms with van der Waals surface area (Å²) >= 11 is 5.89. The molecule has 0 aliphatic heterocycles. The maximum Gasteiger partial charge on any atom is 0.227 e. The van der Waals surface area contributed by atoms with Gasteiger partial charge in [0.15, 0.2) is 17.6 Å². The lowest BCUT2D eigenvalue weighted by atomic mass is 10.1. The second-order valence-corrected chi connectivity index (χ2v) is 5.46. The molecule has 0 bridgehead atoms. The minimum absolute atomic E-state index is 0.294. The Kier molecular flexibility index (Phi) is 3.24. The summed E-state index contributed by atoms with van der Waals surface area (Å²) < 4.78 is 11.2. The van der Waals surface area contributed by atoms with Gasteiger partial charge in [-0.2, -0.15) is 0 Å². The van der Waals surface area contributed by atoms with Crippen LogP contribution in [0.25, 0.3) is 33.9 Å². The Morgan fingerprint density at radius 3 is 2.43 bits per heavy atom. The number of hydrogen-bond acceptors (Lipinski definition) is 4. The van der Waals surface area contributed by atoms with Crippen LogP contribution in [0.5, 0.6) is 0 Å². The topological polar surface area (TPSA) is 56.2 Å². The van der Waals surface area contributed by atoms with E-state index in [0.717, 1.165) is 16.6 Å². The van der Waals surface area contributed by atoms with Gasteiger partial charge in [0.25, 0.3) is 0 Å². The van der Waals surface area contributed by atoms with Gasteiger partial charge in [-0.05, 0) is 54.6 Å². The first kappa shape index (κ1) is 13.8. The number of fused-ring (bicyclic) bond motifs is 1. The molecule has 4 aromatic rings. The zero-order valence-corrected chi connectivity index (χ0v) is 12.6. The van der Waals surface area contributed by atoms with E-state index in [9.17, 15) is 4.79 Å². The van der Waals surface area contributed by atoms with Crippen LogP contribution in [0.3, 0.4) is 0 Å². The van der Waals surface area contributed by atoms with E-state index in [2.05, 4.69) is 4.98 Å². The van der Waals surface area contributed by atoms with Gasteiger partial charge in [-0.15, -0.1) is 0 Å². The predicted molar refractivity (Wildman–Crippen MR) is 87.5 cm³/mol. The van der Waals surface area contributed by atoms with Crippen LogP contribution in [0.4, 0.5) is 0 Å². The molecule has 2 aromatic carbocycles. The quantitative estimate of drug-likeness (QED) is 0.485. The minimum Gasteiger partial charge on any atom is -0.453 e. The fraction of sp³-hybridized carbons (Fsp3) is 0. The highest BCUT2D eigenvalue weighted by molar-refractivity contribution is 6.30. The van der Waals surface area contributed by atoms with Gasteiger partial charge in [0, 0.05) is 16.1 Å². The van der Waals surface area contributed by atoms with Gasteiger partial charge in [0.1, 0.15) is 11.3 Å². The van der Waals surface area contributed by atoms with Crippen molar-refractivity contribution in [2.45, 2.75) is 0 Å². The minimum atomic E-state index is 0.294. The molecule has 2 heterocycles. The van der Waals surface area contributed by atoms with Crippen molar-refractivity contribution < 1.29 is 13.6 Å². The molecule has 0 saturated carbocycles. The van der Waals surface area contributed by atoms with Crippen LogP contribution in [0.1, 0.15) is 10.6 Å². The number of benzene rings is 2. The number of nitrogens with zero attached hydrogens (tertiary/aromatic N) is 1. The Balaban J connectivity index is 1.77. The van der Waals surface area contributed by atoms with Crippen molar-refractivity contribution in [2.24, 2.45) is 0 Å². The molecule has 0 atom stereocenters. The smallest absolute Gasteiger partial charge is 0.227 e. The van der Waals surface area contributed by atoms with Crippen molar-refractivity contribution in [3.8, 4) is 22.8 Å². The Labute approximate surface area is 136 Å². The molecule has 23 heavy (non-hydrogen) atoms. The van der Waals surface area contributed by atoms with Gasteiger partial charge in [-0.25, -0.2) is 4.98 Å². The van der Waals surface area contributed by atoms with E-state index in [0.29, 0.717) is 34.3 Å². The fourth-order valence-corrected chi connectivity index (χ4v) is 2.49. The molecule has 0 radical (unpaired) electrons. The van der Waals surface area contributed by atoms with Crippen LogP contribution < -0.4 is 0 Å². The van der Waals surface area contributed by atoms with Crippen LogP contribution in [0, 0.1) is 0 Å². The molecular weight excluding hydrogens is 314 g/mol. The molecule has 0 unspecified atom stereocenters. The Bertz CT molecular complexity index is 999. The largest absolute Gasteiger partial charge is 0.453 e. The average molecular weight is 324 g/mol. The Morgan fingerprint density at radius 1 is 0.913 bits per heavy atom. The number of carbonyl (C=O) groups excluding carboxylic acids is 1. The summed E-state index contributed by atoms with van der Waals surface area (Å²) in [5.74, 6) is 1.44. The van der Waals surface area contributed by atoms with Gasteiger partial charge >= 0.3 is 0 Å². The van der Waals surface area contributed by atoms with Gasteiger partial charge in [-0.3, -0.25) is 4.79 Å². The molecule has 0 N–H and O–H groups in total. The number of aromatic nitrogens is 1. The van der Waals surface area contributed by atoms with Crippen LogP contribution in [0.15, 0.2) is 63.4 Å². The number of oxazole rings is 1. The number of rotatable bonds is 3. The first-order valence-electron chi connectivity index (χ1n) is 6.95. The third kappa shape index (κ3) is 2.53. The van der Waals surface area contributed by atoms with Crippen LogP contribution in [0.2, 0.25) is 5.02 Å². The molecule has 0 aliphatic rings. The molecule has 0 aliphatic carbocycles. The summed E-state index contributed by atoms with van der Waals surface area (Å²) in [7, 11) is 0. The number of aldehydes is 1. The molecule has 0 amide bonds. The first-order chi connectivity index (χ1) is 11.2. The standard InChI is InChI=1S/C18H10ClNO3/c19-13-4-1-11(2-5-13)18-20-15-9-12(3-7-17(15)23-18)16-8-6-14(10-21)22-16/h1-10H. The van der Waals surface area contributed by atoms with Gasteiger partial charge < -0.3 is 8.83 Å². The van der Waals surface area contributed by atoms with E-state index in [1.54, 1.807) is 24.3 Å². The molecule has 0 fully saturated rings. The van der Waals surface area contributed by atoms with Crippen molar-refractivity contribution in [3.05, 3.63) is 65.4 Å². The second kappa shape index (κ2) is 5.41. The van der Waals surface area contributed by atoms with Crippen molar-refractivity contribution in [1.29, 1.82) is 0 Å². The van der Waals surface area contributed by atoms with E-state index < -0.39 is 0 Å². The zero-order chi connectivity index (χ0) is 15.8. The molecule has 5 heteroatoms. The van der Waals surface area contributed by atoms with E-state index in [1.807, 2.05) is 30.3 Å². The molecule has 4 nitrogen and oxygen atoms in total. The summed E-state index contributed by atoms with van der Waals surface area (Å²) in [6.07, 6.45) is 0.677. The molecule has 112 valence electrons. The molecule has 2 aromatic heterocycles. The lowest BCUT2D eigenvalue weighted by Gasteiger charge is -1.95. The monoisotopic (exact) mass is 323 g/mol. The van der Waals surface area contributed by atoms with Crippen LogP contribution in [-0.4, -0.2) is 11.3 Å². The van der Waals surface area contributed by atoms with E-state index >= 15 is 0 Å². The summed E-state index contributed by atoms with van der Waals surface area (Å²) in [4.78, 5) is 15.2. The summed E-state index contributed by atoms with van der Waals surface area (Å²) in [5, 5.41) is 0.663. The van der Waals surface area contributed by atoms with Crippen molar-refractivity contribution in [3.63, 3.8) is 0 Å². The summed E-state index contributed by atoms with van der Waals surface area (Å²) in [6, 6.07) is 16.3. The average Bonchev–Trinajstić information content (AvgIpc) is 3.21. The maximum absolute atomic E-state index is 10.7. The molecule has 0 saturated heterocycles. The Hall–Kier alpha value is -2.85. The second-order valence-electron chi connectivity index (χ2n) is 5.03. The number of halogens is 1. The molecule has 4 rings (SSSR count). The van der Waals surface area contributed by atoms with Crippen LogP contribution in [-0.2, 0) is 0 Å². The predicted octanol–water partition coefficient (Wildman–Crippen LogP) is 5.22. The summed E-state index contributed by atoms with van der Waals surface area (Å²) in [6.45, 7) is 0. The van der Waals surface area contributed by atoms with Gasteiger partial charge in [-0.1, -0.05) is 11.6 Å². The molecule has 0 spiro atoms. The first-order valence-corrected chi connectivity index (χ1v) is 7.33. The maximum atomic E-state index is 10.7. The Morgan fingerprint density at radius 2 is 1.70 bits per heavy atom. The number of furan rings is 1. The van der Waals surface area contributed by atoms with Crippen molar-refractivity contribution in [1.82, 2.24) is 4.98 Å². The van der Waals surface area contributed by atoms with E-state index in [1.165, 1.54) is 0 Å². The van der Waals surface area contributed by atoms with Crippen LogP contribution >= 0.6 is 11.6 Å². The van der Waals surface area contributed by atoms with Crippen molar-refractivity contribution >= 4 is 29.0 Å². The summed E-state index contributed by atoms with van der Waals surface area (Å²) in [5.41, 5.74) is 3.09. The van der Waals surface area contributed by atoms with E-state index in [-0.39, 0.29) is 0 Å². The molecular formula is C18H10ClNO3. The zero-order valence-electron chi connectivity index (χ0n) is 11.8. The lowest BCUT2D eigenvalue weighted by molar-refractivity contribution is 0.110. The number of carbonyl (C=O) groups is 1. The highest BCUT2D eigenvalue weighted by Gasteiger charge is 2.11. The third-order valence-corrected chi connectivity index (χ3v) is 3.76. The van der Waals surface area contributed by atoms with Gasteiger partial charge in [0.05, 0.1) is 0 Å².